The van der Waals surface area contributed by atoms with E-state index in [2.05, 4.69) is 34.6 Å². The molecule has 4 nitrogen and oxygen atoms in total. The van der Waals surface area contributed by atoms with E-state index in [1.807, 2.05) is 6.92 Å². The molecule has 2 N–H and O–H groups in total. The third-order valence-corrected chi connectivity index (χ3v) is 11.5. The molecular formula is C30H52O4. The summed E-state index contributed by atoms with van der Waals surface area (Å²) < 4.78 is 5.73. The molecule has 0 aliphatic heterocycles. The summed E-state index contributed by atoms with van der Waals surface area (Å²) in [5.41, 5.74) is 0.0543. The molecule has 0 aromatic rings. The van der Waals surface area contributed by atoms with Gasteiger partial charge in [0.25, 0.3) is 0 Å². The van der Waals surface area contributed by atoms with Gasteiger partial charge in [-0.2, -0.15) is 0 Å². The van der Waals surface area contributed by atoms with Gasteiger partial charge in [0.15, 0.2) is 0 Å². The summed E-state index contributed by atoms with van der Waals surface area (Å²) in [6, 6.07) is 0. The Kier molecular flexibility index (Phi) is 7.81. The van der Waals surface area contributed by atoms with Crippen molar-refractivity contribution in [3.63, 3.8) is 0 Å². The van der Waals surface area contributed by atoms with E-state index in [-0.39, 0.29) is 35.1 Å². The highest BCUT2D eigenvalue weighted by atomic mass is 16.5. The van der Waals surface area contributed by atoms with Crippen LogP contribution in [0.5, 0.6) is 0 Å². The first kappa shape index (κ1) is 26.5. The van der Waals surface area contributed by atoms with Crippen LogP contribution in [0.4, 0.5) is 0 Å². The number of carbonyl (C=O) groups is 1. The standard InChI is InChI=1S/C30H52O4/c1-7-27(33)34-21-13-14-29(5)20(15-21)16-25(31)28-23-12-11-22(19(4)10-8-9-18(2)3)30(23,6)26(32)17-24(28)29/h18-26,28,31-32H,7-17H2,1-6H3/t19-,20+,21-,22-,23+,24+,25-,26+,28+,29+,30-/m1/s1. The summed E-state index contributed by atoms with van der Waals surface area (Å²) >= 11 is 0. The summed E-state index contributed by atoms with van der Waals surface area (Å²) in [5, 5.41) is 23.3. The number of hydrogen-bond donors (Lipinski definition) is 2. The van der Waals surface area contributed by atoms with E-state index in [9.17, 15) is 15.0 Å². The van der Waals surface area contributed by atoms with E-state index < -0.39 is 0 Å². The molecule has 0 unspecified atom stereocenters. The molecule has 34 heavy (non-hydrogen) atoms. The van der Waals surface area contributed by atoms with Crippen molar-refractivity contribution in [1.82, 2.24) is 0 Å². The molecule has 4 heteroatoms. The van der Waals surface area contributed by atoms with E-state index in [0.29, 0.717) is 41.9 Å². The number of aliphatic hydroxyl groups excluding tert-OH is 2. The van der Waals surface area contributed by atoms with Crippen molar-refractivity contribution in [2.45, 2.75) is 130 Å². The molecule has 11 atom stereocenters. The first-order chi connectivity index (χ1) is 16.0. The second kappa shape index (κ2) is 10.0. The van der Waals surface area contributed by atoms with Crippen molar-refractivity contribution in [2.24, 2.45) is 52.3 Å². The van der Waals surface area contributed by atoms with Gasteiger partial charge in [-0.25, -0.2) is 0 Å². The van der Waals surface area contributed by atoms with Crippen molar-refractivity contribution < 1.29 is 19.7 Å². The third-order valence-electron chi connectivity index (χ3n) is 11.5. The maximum Gasteiger partial charge on any atom is 0.305 e. The Labute approximate surface area is 208 Å². The van der Waals surface area contributed by atoms with E-state index in [0.717, 1.165) is 44.4 Å². The maximum absolute atomic E-state index is 11.9. The van der Waals surface area contributed by atoms with E-state index in [1.54, 1.807) is 0 Å². The zero-order valence-corrected chi connectivity index (χ0v) is 22.8. The Morgan fingerprint density at radius 1 is 1.00 bits per heavy atom. The number of esters is 1. The largest absolute Gasteiger partial charge is 0.462 e. The topological polar surface area (TPSA) is 66.8 Å². The average molecular weight is 477 g/mol. The Morgan fingerprint density at radius 2 is 1.74 bits per heavy atom. The van der Waals surface area contributed by atoms with Gasteiger partial charge in [0, 0.05) is 6.42 Å². The van der Waals surface area contributed by atoms with Crippen molar-refractivity contribution in [1.29, 1.82) is 0 Å². The normalized spacial score (nSPS) is 47.0. The van der Waals surface area contributed by atoms with Gasteiger partial charge in [0.05, 0.1) is 12.2 Å². The van der Waals surface area contributed by atoms with E-state index >= 15 is 0 Å². The summed E-state index contributed by atoms with van der Waals surface area (Å²) in [7, 11) is 0. The van der Waals surface area contributed by atoms with Crippen LogP contribution in [0.2, 0.25) is 0 Å². The molecule has 4 rings (SSSR count). The monoisotopic (exact) mass is 476 g/mol. The van der Waals surface area contributed by atoms with Crippen LogP contribution in [-0.4, -0.2) is 34.5 Å². The minimum atomic E-state index is -0.296. The minimum absolute atomic E-state index is 0.00407. The summed E-state index contributed by atoms with van der Waals surface area (Å²) in [4.78, 5) is 11.9. The first-order valence-corrected chi connectivity index (χ1v) is 14.6. The SMILES string of the molecule is CCC(=O)O[C@@H]1CC[C@@]2(C)[C@@H](C1)C[C@@H](O)[C@@H]1[C@@H]2C[C@H](O)[C@]2(C)[C@@H]([C@H](C)CCCC(C)C)CC[C@@H]12. The van der Waals surface area contributed by atoms with E-state index in [4.69, 9.17) is 4.74 Å². The van der Waals surface area contributed by atoms with Gasteiger partial charge < -0.3 is 14.9 Å². The van der Waals surface area contributed by atoms with Crippen LogP contribution in [0.25, 0.3) is 0 Å². The lowest BCUT2D eigenvalue weighted by atomic mass is 9.43. The quantitative estimate of drug-likeness (QED) is 0.419. The molecule has 0 bridgehead atoms. The summed E-state index contributed by atoms with van der Waals surface area (Å²) in [6.07, 6.45) is 10.5. The van der Waals surface area contributed by atoms with Crippen molar-refractivity contribution in [3.8, 4) is 0 Å². The molecule has 0 heterocycles. The van der Waals surface area contributed by atoms with E-state index in [1.165, 1.54) is 25.7 Å². The molecule has 4 aliphatic carbocycles. The zero-order chi connectivity index (χ0) is 24.8. The minimum Gasteiger partial charge on any atom is -0.462 e. The van der Waals surface area contributed by atoms with Crippen molar-refractivity contribution in [3.05, 3.63) is 0 Å². The van der Waals surface area contributed by atoms with Crippen molar-refractivity contribution >= 4 is 5.97 Å². The third kappa shape index (κ3) is 4.49. The van der Waals surface area contributed by atoms with Crippen LogP contribution in [0.1, 0.15) is 112 Å². The van der Waals surface area contributed by atoms with Crippen LogP contribution >= 0.6 is 0 Å². The predicted molar refractivity (Wildman–Crippen MR) is 136 cm³/mol. The fraction of sp³-hybridized carbons (Fsp3) is 0.967. The lowest BCUT2D eigenvalue weighted by molar-refractivity contribution is -0.209. The highest BCUT2D eigenvalue weighted by Crippen LogP contribution is 2.68. The molecule has 4 fully saturated rings. The number of ether oxygens (including phenoxy) is 1. The number of hydrogen-bond acceptors (Lipinski definition) is 4. The first-order valence-electron chi connectivity index (χ1n) is 14.6. The molecular weight excluding hydrogens is 424 g/mol. The molecule has 0 aromatic carbocycles. The van der Waals surface area contributed by atoms with Gasteiger partial charge >= 0.3 is 5.97 Å². The second-order valence-corrected chi connectivity index (χ2v) is 13.6. The Bertz CT molecular complexity index is 721. The number of rotatable bonds is 7. The smallest absolute Gasteiger partial charge is 0.305 e. The van der Waals surface area contributed by atoms with Gasteiger partial charge in [-0.1, -0.05) is 60.8 Å². The van der Waals surface area contributed by atoms with Crippen LogP contribution in [0.15, 0.2) is 0 Å². The van der Waals surface area contributed by atoms with Crippen molar-refractivity contribution in [2.75, 3.05) is 0 Å². The van der Waals surface area contributed by atoms with Crippen LogP contribution in [-0.2, 0) is 9.53 Å². The number of fused-ring (bicyclic) bond motifs is 5. The number of carbonyl (C=O) groups excluding carboxylic acids is 1. The lowest BCUT2D eigenvalue weighted by Crippen LogP contribution is -2.62. The van der Waals surface area contributed by atoms with Gasteiger partial charge in [0.2, 0.25) is 0 Å². The molecule has 0 spiro atoms. The molecule has 0 saturated heterocycles. The van der Waals surface area contributed by atoms with Gasteiger partial charge in [-0.05, 0) is 97.2 Å². The van der Waals surface area contributed by atoms with Gasteiger partial charge in [0.1, 0.15) is 6.10 Å². The summed E-state index contributed by atoms with van der Waals surface area (Å²) in [6.45, 7) is 13.7. The van der Waals surface area contributed by atoms with Gasteiger partial charge in [-0.3, -0.25) is 4.79 Å². The van der Waals surface area contributed by atoms with Crippen LogP contribution in [0, 0.1) is 52.3 Å². The molecule has 0 amide bonds. The molecule has 196 valence electrons. The Hall–Kier alpha value is -0.610. The average Bonchev–Trinajstić information content (AvgIpc) is 3.13. The zero-order valence-electron chi connectivity index (χ0n) is 22.8. The van der Waals surface area contributed by atoms with Crippen LogP contribution < -0.4 is 0 Å². The highest BCUT2D eigenvalue weighted by molar-refractivity contribution is 5.69. The predicted octanol–water partition coefficient (Wildman–Crippen LogP) is 6.37. The summed E-state index contributed by atoms with van der Waals surface area (Å²) in [5.74, 6) is 3.30. The number of aliphatic hydroxyl groups is 2. The maximum atomic E-state index is 11.9. The molecule has 4 saturated carbocycles. The Morgan fingerprint density at radius 3 is 2.41 bits per heavy atom. The lowest BCUT2D eigenvalue weighted by Gasteiger charge is -2.63. The molecule has 4 aliphatic rings. The second-order valence-electron chi connectivity index (χ2n) is 13.6. The fourth-order valence-electron chi connectivity index (χ4n) is 9.54. The molecule has 0 aromatic heterocycles. The fourth-order valence-corrected chi connectivity index (χ4v) is 9.54. The van der Waals surface area contributed by atoms with Crippen LogP contribution in [0.3, 0.4) is 0 Å². The molecule has 0 radical (unpaired) electrons. The Balaban J connectivity index is 1.51. The highest BCUT2D eigenvalue weighted by Gasteiger charge is 2.65. The van der Waals surface area contributed by atoms with Gasteiger partial charge in [-0.15, -0.1) is 0 Å².